The Morgan fingerprint density at radius 2 is 2.24 bits per heavy atom. The molecule has 0 saturated heterocycles. The van der Waals surface area contributed by atoms with E-state index in [1.54, 1.807) is 6.07 Å². The molecule has 2 aromatic heterocycles. The standard InChI is InChI=1S/C10H7F3N2O2/c11-10(12,13)5-17-8-6-2-1-3-14-9(6)15-7(8)4-16/h1-4H,5H2,(H,14,15). The molecule has 17 heavy (non-hydrogen) atoms. The van der Waals surface area contributed by atoms with Gasteiger partial charge >= 0.3 is 6.18 Å². The molecule has 2 heterocycles. The molecule has 0 aromatic carbocycles. The Labute approximate surface area is 93.4 Å². The summed E-state index contributed by atoms with van der Waals surface area (Å²) in [7, 11) is 0. The fourth-order valence-electron chi connectivity index (χ4n) is 1.41. The number of pyridine rings is 1. The van der Waals surface area contributed by atoms with Crippen LogP contribution in [-0.2, 0) is 0 Å². The third kappa shape index (κ3) is 2.38. The Balaban J connectivity index is 2.40. The number of aldehydes is 1. The fraction of sp³-hybridized carbons (Fsp3) is 0.200. The maximum atomic E-state index is 12.0. The van der Waals surface area contributed by atoms with E-state index in [-0.39, 0.29) is 11.4 Å². The highest BCUT2D eigenvalue weighted by molar-refractivity contribution is 5.93. The molecule has 7 heteroatoms. The molecular formula is C10H7F3N2O2. The van der Waals surface area contributed by atoms with Gasteiger partial charge in [-0.15, -0.1) is 0 Å². The topological polar surface area (TPSA) is 55.0 Å². The van der Waals surface area contributed by atoms with Gasteiger partial charge in [-0.2, -0.15) is 13.2 Å². The van der Waals surface area contributed by atoms with Crippen molar-refractivity contribution < 1.29 is 22.7 Å². The van der Waals surface area contributed by atoms with Crippen molar-refractivity contribution in [2.75, 3.05) is 6.61 Å². The van der Waals surface area contributed by atoms with Crippen molar-refractivity contribution in [2.24, 2.45) is 0 Å². The minimum absolute atomic E-state index is 0.0528. The van der Waals surface area contributed by atoms with Gasteiger partial charge in [0.05, 0.1) is 5.39 Å². The maximum Gasteiger partial charge on any atom is 0.422 e. The van der Waals surface area contributed by atoms with Crippen molar-refractivity contribution in [1.29, 1.82) is 0 Å². The number of hydrogen-bond donors (Lipinski definition) is 1. The predicted octanol–water partition coefficient (Wildman–Crippen LogP) is 2.32. The number of nitrogens with zero attached hydrogens (tertiary/aromatic N) is 1. The Kier molecular flexibility index (Phi) is 2.74. The highest BCUT2D eigenvalue weighted by Crippen LogP contribution is 2.29. The Hall–Kier alpha value is -2.05. The van der Waals surface area contributed by atoms with Crippen LogP contribution < -0.4 is 4.74 Å². The van der Waals surface area contributed by atoms with E-state index in [0.717, 1.165) is 0 Å². The van der Waals surface area contributed by atoms with Gasteiger partial charge in [0.15, 0.2) is 18.6 Å². The fourth-order valence-corrected chi connectivity index (χ4v) is 1.41. The Morgan fingerprint density at radius 3 is 2.88 bits per heavy atom. The van der Waals surface area contributed by atoms with Crippen LogP contribution in [0.25, 0.3) is 11.0 Å². The van der Waals surface area contributed by atoms with Crippen LogP contribution in [0, 0.1) is 0 Å². The van der Waals surface area contributed by atoms with E-state index in [9.17, 15) is 18.0 Å². The molecule has 90 valence electrons. The quantitative estimate of drug-likeness (QED) is 0.843. The number of rotatable bonds is 3. The van der Waals surface area contributed by atoms with Crippen LogP contribution in [-0.4, -0.2) is 29.0 Å². The minimum atomic E-state index is -4.45. The number of aromatic nitrogens is 2. The van der Waals surface area contributed by atoms with Crippen LogP contribution in [0.1, 0.15) is 10.5 Å². The molecule has 2 aromatic rings. The number of fused-ring (bicyclic) bond motifs is 1. The van der Waals surface area contributed by atoms with Crippen molar-refractivity contribution in [3.63, 3.8) is 0 Å². The first-order valence-electron chi connectivity index (χ1n) is 4.62. The van der Waals surface area contributed by atoms with Crippen LogP contribution in [0.15, 0.2) is 18.3 Å². The minimum Gasteiger partial charge on any atom is -0.481 e. The van der Waals surface area contributed by atoms with E-state index in [4.69, 9.17) is 0 Å². The smallest absolute Gasteiger partial charge is 0.422 e. The first kappa shape index (κ1) is 11.4. The summed E-state index contributed by atoms with van der Waals surface area (Å²) in [4.78, 5) is 17.2. The van der Waals surface area contributed by atoms with Crippen LogP contribution in [0.2, 0.25) is 0 Å². The molecule has 0 bridgehead atoms. The number of aromatic amines is 1. The predicted molar refractivity (Wildman–Crippen MR) is 53.0 cm³/mol. The van der Waals surface area contributed by atoms with Gasteiger partial charge in [0.2, 0.25) is 0 Å². The third-order valence-corrected chi connectivity index (χ3v) is 2.05. The summed E-state index contributed by atoms with van der Waals surface area (Å²) in [5.74, 6) is -0.125. The molecule has 0 aliphatic heterocycles. The number of nitrogens with one attached hydrogen (secondary N) is 1. The Morgan fingerprint density at radius 1 is 1.47 bits per heavy atom. The van der Waals surface area contributed by atoms with Crippen LogP contribution in [0.5, 0.6) is 5.75 Å². The summed E-state index contributed by atoms with van der Waals surface area (Å²) in [6.07, 6.45) is -2.60. The van der Waals surface area contributed by atoms with Crippen molar-refractivity contribution in [3.8, 4) is 5.75 Å². The van der Waals surface area contributed by atoms with Gasteiger partial charge in [-0.3, -0.25) is 4.79 Å². The molecule has 0 radical (unpaired) electrons. The van der Waals surface area contributed by atoms with E-state index in [2.05, 4.69) is 14.7 Å². The summed E-state index contributed by atoms with van der Waals surface area (Å²) < 4.78 is 40.8. The second kappa shape index (κ2) is 4.08. The molecular weight excluding hydrogens is 237 g/mol. The van der Waals surface area contributed by atoms with Crippen molar-refractivity contribution in [3.05, 3.63) is 24.0 Å². The molecule has 2 rings (SSSR count). The molecule has 0 fully saturated rings. The number of carbonyl (C=O) groups is 1. The van der Waals surface area contributed by atoms with E-state index in [1.165, 1.54) is 12.3 Å². The largest absolute Gasteiger partial charge is 0.481 e. The van der Waals surface area contributed by atoms with Gasteiger partial charge in [0, 0.05) is 6.20 Å². The molecule has 0 atom stereocenters. The third-order valence-electron chi connectivity index (χ3n) is 2.05. The summed E-state index contributed by atoms with van der Waals surface area (Å²) in [6, 6.07) is 3.07. The van der Waals surface area contributed by atoms with Gasteiger partial charge in [-0.05, 0) is 12.1 Å². The van der Waals surface area contributed by atoms with Crippen LogP contribution in [0.3, 0.4) is 0 Å². The van der Waals surface area contributed by atoms with Gasteiger partial charge in [-0.1, -0.05) is 0 Å². The second-order valence-corrected chi connectivity index (χ2v) is 3.29. The monoisotopic (exact) mass is 244 g/mol. The number of ether oxygens (including phenoxy) is 1. The average Bonchev–Trinajstić information content (AvgIpc) is 2.63. The van der Waals surface area contributed by atoms with Crippen LogP contribution >= 0.6 is 0 Å². The molecule has 4 nitrogen and oxygen atoms in total. The van der Waals surface area contributed by atoms with Crippen molar-refractivity contribution >= 4 is 17.3 Å². The summed E-state index contributed by atoms with van der Waals surface area (Å²) in [5.41, 5.74) is 0.259. The zero-order valence-electron chi connectivity index (χ0n) is 8.41. The molecule has 0 aliphatic carbocycles. The number of alkyl halides is 3. The second-order valence-electron chi connectivity index (χ2n) is 3.29. The summed E-state index contributed by atoms with van der Waals surface area (Å²) in [6.45, 7) is -1.45. The van der Waals surface area contributed by atoms with E-state index in [0.29, 0.717) is 17.3 Å². The lowest BCUT2D eigenvalue weighted by atomic mass is 10.3. The molecule has 0 unspecified atom stereocenters. The molecule has 0 saturated carbocycles. The molecule has 1 N–H and O–H groups in total. The maximum absolute atomic E-state index is 12.0. The SMILES string of the molecule is O=Cc1[nH]c2ncccc2c1OCC(F)(F)F. The Bertz CT molecular complexity index is 548. The van der Waals surface area contributed by atoms with Gasteiger partial charge in [-0.25, -0.2) is 4.98 Å². The van der Waals surface area contributed by atoms with Gasteiger partial charge in [0.25, 0.3) is 0 Å². The lowest BCUT2D eigenvalue weighted by molar-refractivity contribution is -0.153. The normalized spacial score (nSPS) is 11.7. The van der Waals surface area contributed by atoms with Crippen molar-refractivity contribution in [2.45, 2.75) is 6.18 Å². The number of carbonyl (C=O) groups excluding carboxylic acids is 1. The number of H-pyrrole nitrogens is 1. The van der Waals surface area contributed by atoms with Gasteiger partial charge in [0.1, 0.15) is 11.3 Å². The highest BCUT2D eigenvalue weighted by atomic mass is 19.4. The van der Waals surface area contributed by atoms with Gasteiger partial charge < -0.3 is 9.72 Å². The summed E-state index contributed by atoms with van der Waals surface area (Å²) in [5, 5.41) is 0.346. The first-order valence-corrected chi connectivity index (χ1v) is 4.62. The summed E-state index contributed by atoms with van der Waals surface area (Å²) >= 11 is 0. The zero-order valence-corrected chi connectivity index (χ0v) is 8.41. The molecule has 0 amide bonds. The highest BCUT2D eigenvalue weighted by Gasteiger charge is 2.29. The average molecular weight is 244 g/mol. The van der Waals surface area contributed by atoms with E-state index in [1.807, 2.05) is 0 Å². The van der Waals surface area contributed by atoms with Crippen molar-refractivity contribution in [1.82, 2.24) is 9.97 Å². The first-order chi connectivity index (χ1) is 8.01. The lowest BCUT2D eigenvalue weighted by Crippen LogP contribution is -2.19. The number of hydrogen-bond acceptors (Lipinski definition) is 3. The lowest BCUT2D eigenvalue weighted by Gasteiger charge is -2.08. The van der Waals surface area contributed by atoms with E-state index < -0.39 is 12.8 Å². The van der Waals surface area contributed by atoms with Crippen LogP contribution in [0.4, 0.5) is 13.2 Å². The molecule has 0 spiro atoms. The number of halogens is 3. The molecule has 0 aliphatic rings. The van der Waals surface area contributed by atoms with E-state index >= 15 is 0 Å². The zero-order chi connectivity index (χ0) is 12.5.